The zero-order chi connectivity index (χ0) is 14.4. The Morgan fingerprint density at radius 3 is 1.65 bits per heavy atom. The minimum Gasteiger partial charge on any atom is -0.394 e. The molecular formula is C6H16N2O9. The minimum atomic E-state index is -1.50. The summed E-state index contributed by atoms with van der Waals surface area (Å²) in [6.45, 7) is 3.70. The first-order valence-electron chi connectivity index (χ1n) is 4.20. The van der Waals surface area contributed by atoms with Crippen LogP contribution >= 0.6 is 0 Å². The van der Waals surface area contributed by atoms with Gasteiger partial charge in [-0.3, -0.25) is 0 Å². The van der Waals surface area contributed by atoms with Crippen LogP contribution in [0.25, 0.3) is 0 Å². The number of rotatable bonds is 4. The molecule has 0 aliphatic rings. The van der Waals surface area contributed by atoms with Gasteiger partial charge in [0.15, 0.2) is 0 Å². The summed E-state index contributed by atoms with van der Waals surface area (Å²) in [6, 6.07) is 0. The first-order valence-corrected chi connectivity index (χ1v) is 4.20. The van der Waals surface area contributed by atoms with Gasteiger partial charge in [0.1, 0.15) is 0 Å². The molecule has 0 aliphatic heterocycles. The highest BCUT2D eigenvalue weighted by Gasteiger charge is 2.00. The van der Waals surface area contributed by atoms with Gasteiger partial charge >= 0.3 is 0 Å². The van der Waals surface area contributed by atoms with Gasteiger partial charge in [0.2, 0.25) is 0 Å². The third kappa shape index (κ3) is 77.2. The lowest BCUT2D eigenvalue weighted by Crippen LogP contribution is -2.19. The second-order valence-electron chi connectivity index (χ2n) is 2.65. The van der Waals surface area contributed by atoms with Crippen molar-refractivity contribution in [2.45, 2.75) is 26.1 Å². The lowest BCUT2D eigenvalue weighted by Gasteiger charge is -2.10. The van der Waals surface area contributed by atoms with Crippen molar-refractivity contribution in [3.63, 3.8) is 0 Å². The molecule has 11 heteroatoms. The maximum Gasteiger partial charge on any atom is 0.291 e. The predicted molar refractivity (Wildman–Crippen MR) is 51.7 cm³/mol. The summed E-state index contributed by atoms with van der Waals surface area (Å²) in [4.78, 5) is 16.7. The van der Waals surface area contributed by atoms with Gasteiger partial charge in [0.25, 0.3) is 10.2 Å². The van der Waals surface area contributed by atoms with Crippen molar-refractivity contribution in [2.24, 2.45) is 0 Å². The highest BCUT2D eigenvalue weighted by Crippen LogP contribution is 1.90. The Bertz CT molecular complexity index is 178. The lowest BCUT2D eigenvalue weighted by molar-refractivity contribution is -0.742. The average Bonchev–Trinajstić information content (AvgIpc) is 2.12. The Morgan fingerprint density at radius 2 is 1.47 bits per heavy atom. The zero-order valence-corrected chi connectivity index (χ0v) is 9.29. The van der Waals surface area contributed by atoms with Crippen LogP contribution < -0.4 is 0 Å². The van der Waals surface area contributed by atoms with E-state index in [1.54, 1.807) is 13.8 Å². The fourth-order valence-corrected chi connectivity index (χ4v) is 0.356. The Labute approximate surface area is 96.1 Å². The SMILES string of the molecule is CC(O)COC(C)CO.O=[N+]([O-])O.O=[N+]([O-])O. The molecule has 0 rings (SSSR count). The van der Waals surface area contributed by atoms with E-state index in [0.29, 0.717) is 6.61 Å². The third-order valence-corrected chi connectivity index (χ3v) is 0.879. The maximum absolute atomic E-state index is 8.69. The largest absolute Gasteiger partial charge is 0.394 e. The van der Waals surface area contributed by atoms with E-state index in [0.717, 1.165) is 0 Å². The van der Waals surface area contributed by atoms with Crippen LogP contribution in [0, 0.1) is 20.2 Å². The average molecular weight is 260 g/mol. The Balaban J connectivity index is -0.000000205. The van der Waals surface area contributed by atoms with Crippen LogP contribution in [-0.2, 0) is 4.74 Å². The first-order chi connectivity index (χ1) is 7.63. The van der Waals surface area contributed by atoms with Gasteiger partial charge in [0.05, 0.1) is 25.4 Å². The van der Waals surface area contributed by atoms with Crippen molar-refractivity contribution >= 4 is 0 Å². The van der Waals surface area contributed by atoms with E-state index in [1.807, 2.05) is 0 Å². The molecule has 0 aromatic heterocycles. The molecule has 0 aromatic carbocycles. The molecule has 2 unspecified atom stereocenters. The van der Waals surface area contributed by atoms with Gasteiger partial charge in [-0.1, -0.05) is 0 Å². The number of nitrogens with zero attached hydrogens (tertiary/aromatic N) is 2. The van der Waals surface area contributed by atoms with Gasteiger partial charge in [-0.15, -0.1) is 20.2 Å². The van der Waals surface area contributed by atoms with Crippen molar-refractivity contribution in [1.29, 1.82) is 0 Å². The number of hydrogen-bond acceptors (Lipinski definition) is 7. The molecule has 0 saturated carbocycles. The topological polar surface area (TPSA) is 176 Å². The molecule has 11 nitrogen and oxygen atoms in total. The van der Waals surface area contributed by atoms with E-state index in [-0.39, 0.29) is 12.7 Å². The number of aliphatic hydroxyl groups is 2. The summed E-state index contributed by atoms with van der Waals surface area (Å²) < 4.78 is 4.95. The number of aliphatic hydroxyl groups excluding tert-OH is 2. The predicted octanol–water partition coefficient (Wildman–Crippen LogP) is -0.931. The minimum absolute atomic E-state index is 0.00667. The summed E-state index contributed by atoms with van der Waals surface area (Å²) in [7, 11) is 0. The van der Waals surface area contributed by atoms with Crippen molar-refractivity contribution in [1.82, 2.24) is 0 Å². The third-order valence-electron chi connectivity index (χ3n) is 0.879. The van der Waals surface area contributed by atoms with E-state index >= 15 is 0 Å². The second kappa shape index (κ2) is 14.3. The Morgan fingerprint density at radius 1 is 1.18 bits per heavy atom. The standard InChI is InChI=1S/C6H14O3.2HNO3/c1-5(8)4-9-6(2)3-7;2*2-1(3)4/h5-8H,3-4H2,1-2H3;2*(H,2,3,4). The van der Waals surface area contributed by atoms with Crippen LogP contribution in [0.3, 0.4) is 0 Å². The number of ether oxygens (including phenoxy) is 1. The smallest absolute Gasteiger partial charge is 0.291 e. The molecule has 0 saturated heterocycles. The Kier molecular flexibility index (Phi) is 17.4. The maximum atomic E-state index is 8.69. The van der Waals surface area contributed by atoms with E-state index in [2.05, 4.69) is 0 Å². The van der Waals surface area contributed by atoms with Crippen molar-refractivity contribution in [3.05, 3.63) is 20.2 Å². The highest BCUT2D eigenvalue weighted by molar-refractivity contribution is 4.47. The van der Waals surface area contributed by atoms with Crippen LogP contribution in [0.15, 0.2) is 0 Å². The zero-order valence-electron chi connectivity index (χ0n) is 9.29. The van der Waals surface area contributed by atoms with E-state index in [1.165, 1.54) is 0 Å². The van der Waals surface area contributed by atoms with E-state index < -0.39 is 16.3 Å². The van der Waals surface area contributed by atoms with E-state index in [4.69, 9.17) is 45.6 Å². The number of hydrogen-bond donors (Lipinski definition) is 4. The van der Waals surface area contributed by atoms with Crippen LogP contribution in [0.4, 0.5) is 0 Å². The molecule has 4 N–H and O–H groups in total. The molecular weight excluding hydrogens is 244 g/mol. The van der Waals surface area contributed by atoms with Crippen molar-refractivity contribution in [3.8, 4) is 0 Å². The van der Waals surface area contributed by atoms with Crippen LogP contribution in [0.5, 0.6) is 0 Å². The van der Waals surface area contributed by atoms with Crippen LogP contribution in [-0.4, -0.2) is 56.2 Å². The summed E-state index contributed by atoms with van der Waals surface area (Å²) >= 11 is 0. The van der Waals surface area contributed by atoms with Gasteiger partial charge in [-0.25, -0.2) is 0 Å². The van der Waals surface area contributed by atoms with Gasteiger partial charge < -0.3 is 25.4 Å². The molecule has 104 valence electrons. The van der Waals surface area contributed by atoms with Crippen LogP contribution in [0.1, 0.15) is 13.8 Å². The first kappa shape index (κ1) is 20.7. The van der Waals surface area contributed by atoms with Gasteiger partial charge in [0, 0.05) is 0 Å². The van der Waals surface area contributed by atoms with Gasteiger partial charge in [-0.05, 0) is 13.8 Å². The summed E-state index contributed by atoms with van der Waals surface area (Å²) in [6.07, 6.45) is -0.612. The molecule has 0 radical (unpaired) electrons. The summed E-state index contributed by atoms with van der Waals surface area (Å²) in [5, 5.41) is 44.4. The fourth-order valence-electron chi connectivity index (χ4n) is 0.356. The molecule has 0 heterocycles. The quantitative estimate of drug-likeness (QED) is 0.367. The molecule has 0 spiro atoms. The highest BCUT2D eigenvalue weighted by atomic mass is 16.9. The summed E-state index contributed by atoms with van der Waals surface area (Å²) in [5.74, 6) is 0. The van der Waals surface area contributed by atoms with Crippen molar-refractivity contribution in [2.75, 3.05) is 13.2 Å². The normalized spacial score (nSPS) is 12.0. The van der Waals surface area contributed by atoms with E-state index in [9.17, 15) is 0 Å². The molecule has 0 amide bonds. The molecule has 17 heavy (non-hydrogen) atoms. The summed E-state index contributed by atoms with van der Waals surface area (Å²) in [5.41, 5.74) is 0. The molecule has 0 bridgehead atoms. The fraction of sp³-hybridized carbons (Fsp3) is 1.00. The second-order valence-corrected chi connectivity index (χ2v) is 2.65. The Hall–Kier alpha value is -1.72. The monoisotopic (exact) mass is 260 g/mol. The van der Waals surface area contributed by atoms with Gasteiger partial charge in [-0.2, -0.15) is 0 Å². The molecule has 2 atom stereocenters. The van der Waals surface area contributed by atoms with Crippen LogP contribution in [0.2, 0.25) is 0 Å². The van der Waals surface area contributed by atoms with Crippen molar-refractivity contribution < 1.29 is 35.5 Å². The molecule has 0 aromatic rings. The lowest BCUT2D eigenvalue weighted by atomic mass is 10.4. The molecule has 0 fully saturated rings. The molecule has 0 aliphatic carbocycles.